The number of hydrogen-bond donors (Lipinski definition) is 0. The summed E-state index contributed by atoms with van der Waals surface area (Å²) in [6.45, 7) is 1.54. The third kappa shape index (κ3) is 3.48. The second-order valence-electron chi connectivity index (χ2n) is 4.97. The molecule has 2 aromatic carbocycles. The number of halogens is 1. The van der Waals surface area contributed by atoms with E-state index in [0.29, 0.717) is 16.7 Å². The summed E-state index contributed by atoms with van der Waals surface area (Å²) in [6, 6.07) is 15.8. The minimum atomic E-state index is -0.300. The molecule has 0 bridgehead atoms. The Morgan fingerprint density at radius 1 is 1.09 bits per heavy atom. The Labute approximate surface area is 137 Å². The molecule has 0 spiro atoms. The minimum absolute atomic E-state index is 0.0703. The van der Waals surface area contributed by atoms with Crippen molar-refractivity contribution in [2.24, 2.45) is 0 Å². The Kier molecular flexibility index (Phi) is 4.52. The van der Waals surface area contributed by atoms with E-state index in [9.17, 15) is 9.18 Å². The van der Waals surface area contributed by atoms with Gasteiger partial charge in [0.05, 0.1) is 5.75 Å². The van der Waals surface area contributed by atoms with E-state index in [4.69, 9.17) is 0 Å². The lowest BCUT2D eigenvalue weighted by Crippen LogP contribution is -2.01. The molecule has 3 aromatic rings. The quantitative estimate of drug-likeness (QED) is 0.670. The molecule has 1 aromatic heterocycles. The number of aromatic nitrogens is 3. The van der Waals surface area contributed by atoms with Gasteiger partial charge in [-0.3, -0.25) is 9.36 Å². The molecule has 0 saturated heterocycles. The minimum Gasteiger partial charge on any atom is -0.299 e. The number of Topliss-reactive ketones (excluding diaryl/α,β-unsaturated/α-hetero) is 1. The highest BCUT2D eigenvalue weighted by Gasteiger charge is 2.16. The number of hydrogen-bond acceptors (Lipinski definition) is 4. The molecule has 0 saturated carbocycles. The Morgan fingerprint density at radius 3 is 2.43 bits per heavy atom. The van der Waals surface area contributed by atoms with E-state index in [1.54, 1.807) is 12.1 Å². The molecule has 4 nitrogen and oxygen atoms in total. The van der Waals surface area contributed by atoms with E-state index in [2.05, 4.69) is 10.2 Å². The van der Waals surface area contributed by atoms with Crippen LogP contribution in [0.5, 0.6) is 0 Å². The second kappa shape index (κ2) is 6.75. The van der Waals surface area contributed by atoms with Gasteiger partial charge in [0.25, 0.3) is 0 Å². The average molecular weight is 327 g/mol. The van der Waals surface area contributed by atoms with E-state index in [1.165, 1.54) is 30.8 Å². The van der Waals surface area contributed by atoms with Crippen molar-refractivity contribution in [2.45, 2.75) is 12.1 Å². The first kappa shape index (κ1) is 15.4. The zero-order valence-corrected chi connectivity index (χ0v) is 13.3. The van der Waals surface area contributed by atoms with Crippen molar-refractivity contribution in [3.8, 4) is 17.1 Å². The maximum atomic E-state index is 13.2. The van der Waals surface area contributed by atoms with Crippen molar-refractivity contribution < 1.29 is 9.18 Å². The molecule has 0 radical (unpaired) electrons. The van der Waals surface area contributed by atoms with Gasteiger partial charge in [0, 0.05) is 11.3 Å². The number of rotatable bonds is 5. The molecule has 0 aliphatic rings. The first-order valence-electron chi connectivity index (χ1n) is 7.04. The van der Waals surface area contributed by atoms with Crippen molar-refractivity contribution in [3.05, 3.63) is 60.4 Å². The fourth-order valence-electron chi connectivity index (χ4n) is 2.13. The SMILES string of the molecule is CC(=O)CSc1nnc(-c2ccc(F)cc2)n1-c1ccccc1. The normalized spacial score (nSPS) is 10.7. The van der Waals surface area contributed by atoms with Crippen LogP contribution in [0.2, 0.25) is 0 Å². The molecule has 0 aliphatic heterocycles. The second-order valence-corrected chi connectivity index (χ2v) is 5.92. The van der Waals surface area contributed by atoms with Crippen molar-refractivity contribution in [3.63, 3.8) is 0 Å². The fourth-order valence-corrected chi connectivity index (χ4v) is 2.88. The van der Waals surface area contributed by atoms with Gasteiger partial charge in [-0.15, -0.1) is 10.2 Å². The predicted molar refractivity (Wildman–Crippen MR) is 88.2 cm³/mol. The molecular weight excluding hydrogens is 313 g/mol. The number of carbonyl (C=O) groups is 1. The molecule has 0 N–H and O–H groups in total. The third-order valence-electron chi connectivity index (χ3n) is 3.15. The van der Waals surface area contributed by atoms with E-state index in [1.807, 2.05) is 34.9 Å². The number of ketones is 1. The number of carbonyl (C=O) groups excluding carboxylic acids is 1. The van der Waals surface area contributed by atoms with Gasteiger partial charge >= 0.3 is 0 Å². The van der Waals surface area contributed by atoms with Crippen LogP contribution in [-0.4, -0.2) is 26.3 Å². The maximum Gasteiger partial charge on any atom is 0.196 e. The predicted octanol–water partition coefficient (Wildman–Crippen LogP) is 3.75. The largest absolute Gasteiger partial charge is 0.299 e. The topological polar surface area (TPSA) is 47.8 Å². The molecular formula is C17H14FN3OS. The lowest BCUT2D eigenvalue weighted by molar-refractivity contribution is -0.114. The maximum absolute atomic E-state index is 13.2. The fraction of sp³-hybridized carbons (Fsp3) is 0.118. The lowest BCUT2D eigenvalue weighted by atomic mass is 10.2. The highest BCUT2D eigenvalue weighted by molar-refractivity contribution is 7.99. The molecule has 116 valence electrons. The summed E-state index contributed by atoms with van der Waals surface area (Å²) >= 11 is 1.33. The molecule has 23 heavy (non-hydrogen) atoms. The average Bonchev–Trinajstić information content (AvgIpc) is 2.98. The Bertz CT molecular complexity index is 816. The van der Waals surface area contributed by atoms with E-state index in [-0.39, 0.29) is 11.6 Å². The Hall–Kier alpha value is -2.47. The Balaban J connectivity index is 2.09. The number of thioether (sulfide) groups is 1. The van der Waals surface area contributed by atoms with Crippen LogP contribution in [0, 0.1) is 5.82 Å². The molecule has 0 aliphatic carbocycles. The number of para-hydroxylation sites is 1. The molecule has 1 heterocycles. The molecule has 6 heteroatoms. The smallest absolute Gasteiger partial charge is 0.196 e. The van der Waals surface area contributed by atoms with Gasteiger partial charge in [-0.05, 0) is 43.3 Å². The zero-order valence-electron chi connectivity index (χ0n) is 12.4. The highest BCUT2D eigenvalue weighted by atomic mass is 32.2. The van der Waals surface area contributed by atoms with Crippen LogP contribution in [0.4, 0.5) is 4.39 Å². The van der Waals surface area contributed by atoms with E-state index < -0.39 is 0 Å². The summed E-state index contributed by atoms with van der Waals surface area (Å²) in [7, 11) is 0. The van der Waals surface area contributed by atoms with Crippen molar-refractivity contribution in [2.75, 3.05) is 5.75 Å². The summed E-state index contributed by atoms with van der Waals surface area (Å²) in [5.41, 5.74) is 1.65. The molecule has 0 unspecified atom stereocenters. The van der Waals surface area contributed by atoms with Gasteiger partial charge in [-0.25, -0.2) is 4.39 Å². The lowest BCUT2D eigenvalue weighted by Gasteiger charge is -2.09. The molecule has 3 rings (SSSR count). The van der Waals surface area contributed by atoms with Crippen LogP contribution in [0.25, 0.3) is 17.1 Å². The molecule has 0 amide bonds. The van der Waals surface area contributed by atoms with Gasteiger partial charge in [0.15, 0.2) is 11.0 Å². The van der Waals surface area contributed by atoms with Gasteiger partial charge in [-0.1, -0.05) is 30.0 Å². The van der Waals surface area contributed by atoms with Gasteiger partial charge in [-0.2, -0.15) is 0 Å². The first-order valence-corrected chi connectivity index (χ1v) is 8.03. The summed E-state index contributed by atoms with van der Waals surface area (Å²) in [6.07, 6.45) is 0. The van der Waals surface area contributed by atoms with Gasteiger partial charge in [0.2, 0.25) is 0 Å². The third-order valence-corrected chi connectivity index (χ3v) is 4.23. The zero-order chi connectivity index (χ0) is 16.2. The summed E-state index contributed by atoms with van der Waals surface area (Å²) in [5, 5.41) is 9.05. The first-order chi connectivity index (χ1) is 11.1. The standard InChI is InChI=1S/C17H14FN3OS/c1-12(22)11-23-17-20-19-16(13-7-9-14(18)10-8-13)21(17)15-5-3-2-4-6-15/h2-10H,11H2,1H3. The van der Waals surface area contributed by atoms with Gasteiger partial charge < -0.3 is 0 Å². The van der Waals surface area contributed by atoms with E-state index in [0.717, 1.165) is 11.3 Å². The van der Waals surface area contributed by atoms with Crippen LogP contribution < -0.4 is 0 Å². The van der Waals surface area contributed by atoms with E-state index >= 15 is 0 Å². The number of benzene rings is 2. The summed E-state index contributed by atoms with van der Waals surface area (Å²) in [5.74, 6) is 0.711. The van der Waals surface area contributed by atoms with Crippen LogP contribution in [0.3, 0.4) is 0 Å². The van der Waals surface area contributed by atoms with Crippen LogP contribution in [-0.2, 0) is 4.79 Å². The van der Waals surface area contributed by atoms with Crippen molar-refractivity contribution in [1.82, 2.24) is 14.8 Å². The number of nitrogens with zero attached hydrogens (tertiary/aromatic N) is 3. The molecule has 0 atom stereocenters. The molecule has 0 fully saturated rings. The van der Waals surface area contributed by atoms with Crippen molar-refractivity contribution >= 4 is 17.5 Å². The summed E-state index contributed by atoms with van der Waals surface area (Å²) < 4.78 is 15.0. The van der Waals surface area contributed by atoms with Crippen molar-refractivity contribution in [1.29, 1.82) is 0 Å². The highest BCUT2D eigenvalue weighted by Crippen LogP contribution is 2.27. The summed E-state index contributed by atoms with van der Waals surface area (Å²) in [4.78, 5) is 11.3. The van der Waals surface area contributed by atoms with Crippen LogP contribution >= 0.6 is 11.8 Å². The van der Waals surface area contributed by atoms with Gasteiger partial charge in [0.1, 0.15) is 11.6 Å². The van der Waals surface area contributed by atoms with Crippen LogP contribution in [0.15, 0.2) is 59.8 Å². The Morgan fingerprint density at radius 2 is 1.78 bits per heavy atom. The monoisotopic (exact) mass is 327 g/mol. The van der Waals surface area contributed by atoms with Crippen LogP contribution in [0.1, 0.15) is 6.92 Å².